The fourth-order valence-electron chi connectivity index (χ4n) is 3.51. The number of ether oxygens (including phenoxy) is 2. The van der Waals surface area contributed by atoms with Crippen molar-refractivity contribution in [3.8, 4) is 34.3 Å². The molecule has 7 heteroatoms. The van der Waals surface area contributed by atoms with Crippen LogP contribution in [-0.4, -0.2) is 47.4 Å². The minimum atomic E-state index is 0. The van der Waals surface area contributed by atoms with Crippen molar-refractivity contribution in [2.75, 3.05) is 27.3 Å². The lowest BCUT2D eigenvalue weighted by Crippen LogP contribution is -2.18. The van der Waals surface area contributed by atoms with Gasteiger partial charge in [-0.05, 0) is 55.8 Å². The number of methoxy groups -OCH3 is 2. The Bertz CT molecular complexity index is 922. The zero-order valence-corrected chi connectivity index (χ0v) is 17.0. The molecule has 6 nitrogen and oxygen atoms in total. The second kappa shape index (κ2) is 9.08. The number of halogens is 1. The number of hydrogen-bond acceptors (Lipinski definition) is 5. The van der Waals surface area contributed by atoms with E-state index in [2.05, 4.69) is 44.3 Å². The molecule has 0 amide bonds. The van der Waals surface area contributed by atoms with Gasteiger partial charge in [-0.2, -0.15) is 5.10 Å². The number of H-pyrrole nitrogens is 1. The summed E-state index contributed by atoms with van der Waals surface area (Å²) < 4.78 is 10.7. The van der Waals surface area contributed by atoms with Crippen molar-refractivity contribution in [1.82, 2.24) is 20.1 Å². The van der Waals surface area contributed by atoms with Crippen LogP contribution in [0.4, 0.5) is 0 Å². The van der Waals surface area contributed by atoms with Crippen LogP contribution in [0, 0.1) is 0 Å². The Balaban J connectivity index is 0.00000225. The normalized spacial score (nSPS) is 13.9. The van der Waals surface area contributed by atoms with E-state index in [1.807, 2.05) is 18.2 Å². The molecule has 0 aliphatic carbocycles. The molecule has 0 spiro atoms. The van der Waals surface area contributed by atoms with E-state index in [0.29, 0.717) is 23.1 Å². The maximum atomic E-state index is 5.38. The van der Waals surface area contributed by atoms with Crippen molar-refractivity contribution in [2.45, 2.75) is 19.4 Å². The zero-order chi connectivity index (χ0) is 18.6. The molecule has 1 N–H and O–H groups in total. The average molecular weight is 401 g/mol. The van der Waals surface area contributed by atoms with Crippen LogP contribution < -0.4 is 9.47 Å². The molecule has 2 heterocycles. The van der Waals surface area contributed by atoms with Crippen LogP contribution in [-0.2, 0) is 6.54 Å². The maximum absolute atomic E-state index is 5.38. The van der Waals surface area contributed by atoms with E-state index in [9.17, 15) is 0 Å². The molecular formula is C21H25ClN4O2. The van der Waals surface area contributed by atoms with E-state index in [-0.39, 0.29) is 12.4 Å². The monoisotopic (exact) mass is 400 g/mol. The van der Waals surface area contributed by atoms with Crippen molar-refractivity contribution < 1.29 is 9.47 Å². The molecule has 1 saturated heterocycles. The number of likely N-dealkylation sites (tertiary alicyclic amines) is 1. The van der Waals surface area contributed by atoms with Gasteiger partial charge in [-0.1, -0.05) is 18.2 Å². The van der Waals surface area contributed by atoms with Crippen LogP contribution in [0.5, 0.6) is 11.5 Å². The molecule has 2 aromatic carbocycles. The minimum Gasteiger partial charge on any atom is -0.493 e. The van der Waals surface area contributed by atoms with Crippen molar-refractivity contribution in [2.24, 2.45) is 0 Å². The number of aromatic nitrogens is 3. The van der Waals surface area contributed by atoms with Gasteiger partial charge in [0.15, 0.2) is 23.1 Å². The molecule has 1 aromatic heterocycles. The van der Waals surface area contributed by atoms with Gasteiger partial charge in [0.1, 0.15) is 0 Å². The van der Waals surface area contributed by atoms with Crippen molar-refractivity contribution in [1.29, 1.82) is 0 Å². The predicted molar refractivity (Wildman–Crippen MR) is 112 cm³/mol. The summed E-state index contributed by atoms with van der Waals surface area (Å²) in [5, 5.41) is 7.45. The highest BCUT2D eigenvalue weighted by Gasteiger charge is 2.14. The number of nitrogens with one attached hydrogen (secondary N) is 1. The van der Waals surface area contributed by atoms with Gasteiger partial charge in [-0.3, -0.25) is 10.00 Å². The van der Waals surface area contributed by atoms with Gasteiger partial charge in [-0.25, -0.2) is 4.98 Å². The lowest BCUT2D eigenvalue weighted by Gasteiger charge is -2.14. The number of benzene rings is 2. The number of hydrogen-bond donors (Lipinski definition) is 1. The van der Waals surface area contributed by atoms with E-state index in [1.165, 1.54) is 31.5 Å². The molecule has 4 rings (SSSR count). The highest BCUT2D eigenvalue weighted by Crippen LogP contribution is 2.31. The van der Waals surface area contributed by atoms with Gasteiger partial charge in [0.05, 0.1) is 14.2 Å². The number of rotatable bonds is 6. The van der Waals surface area contributed by atoms with Crippen LogP contribution in [0.2, 0.25) is 0 Å². The first-order valence-corrected chi connectivity index (χ1v) is 9.23. The molecule has 0 bridgehead atoms. The Morgan fingerprint density at radius 1 is 0.964 bits per heavy atom. The molecule has 0 radical (unpaired) electrons. The molecular weight excluding hydrogens is 376 g/mol. The van der Waals surface area contributed by atoms with Crippen molar-refractivity contribution in [3.63, 3.8) is 0 Å². The summed E-state index contributed by atoms with van der Waals surface area (Å²) in [6.07, 6.45) is 2.60. The Morgan fingerprint density at radius 3 is 2.50 bits per heavy atom. The molecule has 1 aliphatic rings. The molecule has 0 saturated carbocycles. The summed E-state index contributed by atoms with van der Waals surface area (Å²) in [5.74, 6) is 2.76. The Labute approximate surface area is 171 Å². The first-order valence-electron chi connectivity index (χ1n) is 9.23. The van der Waals surface area contributed by atoms with Gasteiger partial charge in [0, 0.05) is 17.7 Å². The lowest BCUT2D eigenvalue weighted by atomic mass is 10.1. The Kier molecular flexibility index (Phi) is 6.54. The number of aromatic amines is 1. The lowest BCUT2D eigenvalue weighted by molar-refractivity contribution is 0.331. The first-order chi connectivity index (χ1) is 13.3. The van der Waals surface area contributed by atoms with E-state index in [0.717, 1.165) is 17.7 Å². The SMILES string of the molecule is COc1ccc(-c2nc(-c3cccc(CN4CCCC4)c3)n[nH]2)cc1OC.Cl. The maximum Gasteiger partial charge on any atom is 0.181 e. The fourth-order valence-corrected chi connectivity index (χ4v) is 3.51. The average Bonchev–Trinajstić information content (AvgIpc) is 3.40. The van der Waals surface area contributed by atoms with Gasteiger partial charge >= 0.3 is 0 Å². The second-order valence-electron chi connectivity index (χ2n) is 6.76. The van der Waals surface area contributed by atoms with Crippen LogP contribution in [0.15, 0.2) is 42.5 Å². The van der Waals surface area contributed by atoms with Crippen LogP contribution in [0.1, 0.15) is 18.4 Å². The number of nitrogens with zero attached hydrogens (tertiary/aromatic N) is 3. The molecule has 1 fully saturated rings. The third-order valence-corrected chi connectivity index (χ3v) is 4.93. The Hall–Kier alpha value is -2.57. The quantitative estimate of drug-likeness (QED) is 0.672. The van der Waals surface area contributed by atoms with Gasteiger partial charge in [0.2, 0.25) is 0 Å². The molecule has 0 atom stereocenters. The van der Waals surface area contributed by atoms with Crippen molar-refractivity contribution in [3.05, 3.63) is 48.0 Å². The summed E-state index contributed by atoms with van der Waals surface area (Å²) in [6.45, 7) is 3.36. The molecule has 0 unspecified atom stereocenters. The van der Waals surface area contributed by atoms with E-state index >= 15 is 0 Å². The summed E-state index contributed by atoms with van der Waals surface area (Å²) in [7, 11) is 3.25. The summed E-state index contributed by atoms with van der Waals surface area (Å²) >= 11 is 0. The second-order valence-corrected chi connectivity index (χ2v) is 6.76. The van der Waals surface area contributed by atoms with Gasteiger partial charge < -0.3 is 9.47 Å². The summed E-state index contributed by atoms with van der Waals surface area (Å²) in [6, 6.07) is 14.2. The highest BCUT2D eigenvalue weighted by atomic mass is 35.5. The van der Waals surface area contributed by atoms with Gasteiger partial charge in [-0.15, -0.1) is 12.4 Å². The largest absolute Gasteiger partial charge is 0.493 e. The zero-order valence-electron chi connectivity index (χ0n) is 16.1. The first kappa shape index (κ1) is 20.2. The summed E-state index contributed by atoms with van der Waals surface area (Å²) in [5.41, 5.74) is 3.22. The van der Waals surface area contributed by atoms with Crippen LogP contribution >= 0.6 is 12.4 Å². The topological polar surface area (TPSA) is 63.3 Å². The van der Waals surface area contributed by atoms with Crippen molar-refractivity contribution >= 4 is 12.4 Å². The third-order valence-electron chi connectivity index (χ3n) is 4.93. The van der Waals surface area contributed by atoms with Crippen LogP contribution in [0.3, 0.4) is 0 Å². The highest BCUT2D eigenvalue weighted by molar-refractivity contribution is 5.85. The van der Waals surface area contributed by atoms with E-state index in [4.69, 9.17) is 9.47 Å². The molecule has 28 heavy (non-hydrogen) atoms. The van der Waals surface area contributed by atoms with Gasteiger partial charge in [0.25, 0.3) is 0 Å². The molecule has 3 aromatic rings. The Morgan fingerprint density at radius 2 is 1.75 bits per heavy atom. The molecule has 1 aliphatic heterocycles. The standard InChI is InChI=1S/C21H24N4O2.ClH/c1-26-18-9-8-17(13-19(18)27-2)21-22-20(23-24-21)16-7-5-6-15(12-16)14-25-10-3-4-11-25;/h5-9,12-13H,3-4,10-11,14H2,1-2H3,(H,22,23,24);1H. The summed E-state index contributed by atoms with van der Waals surface area (Å²) in [4.78, 5) is 7.17. The van der Waals surface area contributed by atoms with E-state index in [1.54, 1.807) is 14.2 Å². The molecule has 148 valence electrons. The minimum absolute atomic E-state index is 0. The third kappa shape index (κ3) is 4.29. The van der Waals surface area contributed by atoms with E-state index < -0.39 is 0 Å². The smallest absolute Gasteiger partial charge is 0.181 e. The predicted octanol–water partition coefficient (Wildman–Crippen LogP) is 4.17. The van der Waals surface area contributed by atoms with Crippen LogP contribution in [0.25, 0.3) is 22.8 Å². The fraction of sp³-hybridized carbons (Fsp3) is 0.333.